The molecule has 0 aromatic heterocycles. The molecule has 2 amide bonds. The van der Waals surface area contributed by atoms with Crippen molar-refractivity contribution in [2.45, 2.75) is 18.9 Å². The van der Waals surface area contributed by atoms with Gasteiger partial charge in [-0.1, -0.05) is 0 Å². The summed E-state index contributed by atoms with van der Waals surface area (Å²) < 4.78 is 0. The van der Waals surface area contributed by atoms with Gasteiger partial charge in [-0.15, -0.1) is 12.4 Å². The van der Waals surface area contributed by atoms with Gasteiger partial charge in [0.2, 0.25) is 11.8 Å². The molecule has 0 atom stereocenters. The molecular formula is C13H25ClN4O2. The Morgan fingerprint density at radius 3 is 2.30 bits per heavy atom. The molecule has 0 radical (unpaired) electrons. The molecule has 0 aromatic carbocycles. The molecule has 2 rings (SSSR count). The van der Waals surface area contributed by atoms with Crippen LogP contribution < -0.4 is 5.32 Å². The highest BCUT2D eigenvalue weighted by Gasteiger charge is 2.30. The number of hydrogen-bond acceptors (Lipinski definition) is 4. The van der Waals surface area contributed by atoms with Crippen LogP contribution in [0.15, 0.2) is 0 Å². The average molecular weight is 305 g/mol. The molecule has 1 saturated heterocycles. The highest BCUT2D eigenvalue weighted by molar-refractivity contribution is 5.85. The number of carbonyl (C=O) groups is 2. The molecule has 1 N–H and O–H groups in total. The van der Waals surface area contributed by atoms with E-state index in [1.807, 2.05) is 28.8 Å². The molecule has 1 heterocycles. The first-order valence-corrected chi connectivity index (χ1v) is 7.00. The summed E-state index contributed by atoms with van der Waals surface area (Å²) in [6, 6.07) is 0.435. The molecule has 0 aromatic rings. The Hall–Kier alpha value is -0.850. The van der Waals surface area contributed by atoms with Crippen LogP contribution in [0.3, 0.4) is 0 Å². The smallest absolute Gasteiger partial charge is 0.236 e. The van der Waals surface area contributed by atoms with E-state index in [0.717, 1.165) is 39.0 Å². The van der Waals surface area contributed by atoms with Crippen molar-refractivity contribution in [2.24, 2.45) is 0 Å². The van der Waals surface area contributed by atoms with E-state index < -0.39 is 0 Å². The van der Waals surface area contributed by atoms with Crippen molar-refractivity contribution < 1.29 is 9.59 Å². The molecule has 0 unspecified atom stereocenters. The minimum Gasteiger partial charge on any atom is -0.342 e. The number of halogens is 1. The number of amides is 2. The fourth-order valence-corrected chi connectivity index (χ4v) is 2.31. The Morgan fingerprint density at radius 2 is 1.75 bits per heavy atom. The van der Waals surface area contributed by atoms with Crippen LogP contribution in [-0.2, 0) is 9.59 Å². The maximum Gasteiger partial charge on any atom is 0.236 e. The van der Waals surface area contributed by atoms with Crippen LogP contribution in [0.4, 0.5) is 0 Å². The Kier molecular flexibility index (Phi) is 6.71. The summed E-state index contributed by atoms with van der Waals surface area (Å²) in [7, 11) is 3.69. The van der Waals surface area contributed by atoms with Crippen molar-refractivity contribution in [3.05, 3.63) is 0 Å². The third-order valence-electron chi connectivity index (χ3n) is 3.77. The van der Waals surface area contributed by atoms with E-state index in [4.69, 9.17) is 0 Å². The Labute approximate surface area is 126 Å². The monoisotopic (exact) mass is 304 g/mol. The van der Waals surface area contributed by atoms with Crippen LogP contribution in [-0.4, -0.2) is 85.9 Å². The fraction of sp³-hybridized carbons (Fsp3) is 0.846. The van der Waals surface area contributed by atoms with Gasteiger partial charge in [-0.2, -0.15) is 0 Å². The Balaban J connectivity index is 0.00000200. The second-order valence-corrected chi connectivity index (χ2v) is 5.54. The van der Waals surface area contributed by atoms with E-state index in [1.54, 1.807) is 0 Å². The van der Waals surface area contributed by atoms with Crippen LogP contribution in [0.1, 0.15) is 12.8 Å². The zero-order valence-electron chi connectivity index (χ0n) is 12.3. The molecule has 1 aliphatic carbocycles. The van der Waals surface area contributed by atoms with Crippen molar-refractivity contribution in [3.63, 3.8) is 0 Å². The molecule has 0 bridgehead atoms. The third-order valence-corrected chi connectivity index (χ3v) is 3.77. The number of nitrogens with one attached hydrogen (secondary N) is 1. The molecule has 20 heavy (non-hydrogen) atoms. The zero-order valence-corrected chi connectivity index (χ0v) is 13.1. The molecule has 1 aliphatic heterocycles. The van der Waals surface area contributed by atoms with Gasteiger partial charge in [0, 0.05) is 39.3 Å². The summed E-state index contributed by atoms with van der Waals surface area (Å²) in [6.45, 7) is 3.90. The second-order valence-electron chi connectivity index (χ2n) is 5.54. The van der Waals surface area contributed by atoms with Gasteiger partial charge >= 0.3 is 0 Å². The molecule has 1 saturated carbocycles. The van der Waals surface area contributed by atoms with Crippen LogP contribution in [0.25, 0.3) is 0 Å². The molecule has 7 heteroatoms. The lowest BCUT2D eigenvalue weighted by molar-refractivity contribution is -0.135. The van der Waals surface area contributed by atoms with Gasteiger partial charge in [-0.05, 0) is 19.9 Å². The topological polar surface area (TPSA) is 55.9 Å². The van der Waals surface area contributed by atoms with E-state index >= 15 is 0 Å². The number of likely N-dealkylation sites (N-methyl/N-ethyl adjacent to an activating group) is 2. The largest absolute Gasteiger partial charge is 0.342 e. The second kappa shape index (κ2) is 7.81. The van der Waals surface area contributed by atoms with Gasteiger partial charge in [0.15, 0.2) is 0 Å². The number of hydrogen-bond donors (Lipinski definition) is 1. The standard InChI is InChI=1S/C13H24N4O2.ClH/c1-15(9-12(18)16(2)11-3-4-11)10-13(19)17-7-5-14-6-8-17;/h11,14H,3-10H2,1-2H3;1H. The summed E-state index contributed by atoms with van der Waals surface area (Å²) in [5.74, 6) is 0.226. The summed E-state index contributed by atoms with van der Waals surface area (Å²) >= 11 is 0. The first kappa shape index (κ1) is 17.2. The van der Waals surface area contributed by atoms with Crippen LogP contribution in [0.5, 0.6) is 0 Å². The lowest BCUT2D eigenvalue weighted by atomic mass is 10.3. The minimum absolute atomic E-state index is 0. The predicted octanol–water partition coefficient (Wildman–Crippen LogP) is -0.607. The number of nitrogens with zero attached hydrogens (tertiary/aromatic N) is 3. The van der Waals surface area contributed by atoms with Gasteiger partial charge in [0.05, 0.1) is 13.1 Å². The number of carbonyl (C=O) groups excluding carboxylic acids is 2. The SMILES string of the molecule is CN(CC(=O)N1CCNCC1)CC(=O)N(C)C1CC1.Cl. The van der Waals surface area contributed by atoms with Crippen molar-refractivity contribution >= 4 is 24.2 Å². The summed E-state index contributed by atoms with van der Waals surface area (Å²) in [6.07, 6.45) is 2.23. The van der Waals surface area contributed by atoms with E-state index in [2.05, 4.69) is 5.32 Å². The number of rotatable bonds is 5. The highest BCUT2D eigenvalue weighted by Crippen LogP contribution is 2.25. The van der Waals surface area contributed by atoms with Gasteiger partial charge < -0.3 is 15.1 Å². The van der Waals surface area contributed by atoms with E-state index in [9.17, 15) is 9.59 Å². The van der Waals surface area contributed by atoms with Crippen LogP contribution >= 0.6 is 12.4 Å². The molecule has 2 aliphatic rings. The quantitative estimate of drug-likeness (QED) is 0.736. The van der Waals surface area contributed by atoms with Crippen molar-refractivity contribution in [2.75, 3.05) is 53.4 Å². The van der Waals surface area contributed by atoms with Crippen LogP contribution in [0.2, 0.25) is 0 Å². The van der Waals surface area contributed by atoms with Crippen LogP contribution in [0, 0.1) is 0 Å². The predicted molar refractivity (Wildman–Crippen MR) is 80.0 cm³/mol. The van der Waals surface area contributed by atoms with E-state index in [1.165, 1.54) is 0 Å². The maximum atomic E-state index is 12.0. The first-order valence-electron chi connectivity index (χ1n) is 7.00. The van der Waals surface area contributed by atoms with Gasteiger partial charge in [0.25, 0.3) is 0 Å². The fourth-order valence-electron chi connectivity index (χ4n) is 2.31. The van der Waals surface area contributed by atoms with Gasteiger partial charge in [0.1, 0.15) is 0 Å². The average Bonchev–Trinajstić information content (AvgIpc) is 3.22. The van der Waals surface area contributed by atoms with Crippen molar-refractivity contribution in [1.29, 1.82) is 0 Å². The van der Waals surface area contributed by atoms with Gasteiger partial charge in [-0.3, -0.25) is 14.5 Å². The van der Waals surface area contributed by atoms with Crippen molar-refractivity contribution in [3.8, 4) is 0 Å². The molecular weight excluding hydrogens is 280 g/mol. The maximum absolute atomic E-state index is 12.0. The molecule has 116 valence electrons. The lowest BCUT2D eigenvalue weighted by Gasteiger charge is -2.29. The summed E-state index contributed by atoms with van der Waals surface area (Å²) in [5, 5.41) is 3.22. The Bertz CT molecular complexity index is 343. The molecule has 2 fully saturated rings. The van der Waals surface area contributed by atoms with Gasteiger partial charge in [-0.25, -0.2) is 0 Å². The first-order chi connectivity index (χ1) is 9.08. The summed E-state index contributed by atoms with van der Waals surface area (Å²) in [4.78, 5) is 29.5. The van der Waals surface area contributed by atoms with Crippen molar-refractivity contribution in [1.82, 2.24) is 20.0 Å². The Morgan fingerprint density at radius 1 is 1.15 bits per heavy atom. The number of piperazine rings is 1. The summed E-state index contributed by atoms with van der Waals surface area (Å²) in [5.41, 5.74) is 0. The molecule has 6 nitrogen and oxygen atoms in total. The molecule has 0 spiro atoms. The third kappa shape index (κ3) is 4.92. The van der Waals surface area contributed by atoms with E-state index in [-0.39, 0.29) is 24.2 Å². The normalized spacial score (nSPS) is 18.6. The zero-order chi connectivity index (χ0) is 13.8. The highest BCUT2D eigenvalue weighted by atomic mass is 35.5. The lowest BCUT2D eigenvalue weighted by Crippen LogP contribution is -2.50. The van der Waals surface area contributed by atoms with E-state index in [0.29, 0.717) is 19.1 Å². The minimum atomic E-state index is 0.